The number of rotatable bonds is 6. The van der Waals surface area contributed by atoms with Gasteiger partial charge in [0, 0.05) is 24.8 Å². The molecule has 18 heavy (non-hydrogen) atoms. The fourth-order valence-corrected chi connectivity index (χ4v) is 1.98. The highest BCUT2D eigenvalue weighted by molar-refractivity contribution is 5.99. The highest BCUT2D eigenvalue weighted by Crippen LogP contribution is 2.24. The van der Waals surface area contributed by atoms with Crippen molar-refractivity contribution in [3.05, 3.63) is 29.1 Å². The first kappa shape index (κ1) is 14.7. The van der Waals surface area contributed by atoms with Crippen molar-refractivity contribution in [2.45, 2.75) is 40.0 Å². The molecule has 0 amide bonds. The fraction of sp³-hybridized carbons (Fsp3) is 0.533. The molecule has 0 heterocycles. The highest BCUT2D eigenvalue weighted by Gasteiger charge is 2.14. The van der Waals surface area contributed by atoms with Gasteiger partial charge in [-0.05, 0) is 38.0 Å². The summed E-state index contributed by atoms with van der Waals surface area (Å²) in [5, 5.41) is 0. The van der Waals surface area contributed by atoms with E-state index in [1.807, 2.05) is 11.9 Å². The van der Waals surface area contributed by atoms with E-state index in [9.17, 15) is 9.18 Å². The Hall–Kier alpha value is -1.38. The Balaban J connectivity index is 2.98. The third kappa shape index (κ3) is 3.56. The molecule has 0 aliphatic heterocycles. The maximum Gasteiger partial charge on any atom is 0.161 e. The summed E-state index contributed by atoms with van der Waals surface area (Å²) in [6.07, 6.45) is 3.41. The molecule has 1 rings (SSSR count). The van der Waals surface area contributed by atoms with Crippen LogP contribution in [0.3, 0.4) is 0 Å². The summed E-state index contributed by atoms with van der Waals surface area (Å²) in [4.78, 5) is 13.6. The number of anilines is 1. The molecule has 100 valence electrons. The van der Waals surface area contributed by atoms with E-state index in [0.29, 0.717) is 11.1 Å². The Morgan fingerprint density at radius 3 is 2.56 bits per heavy atom. The maximum atomic E-state index is 13.5. The van der Waals surface area contributed by atoms with Crippen LogP contribution in [0.4, 0.5) is 10.1 Å². The van der Waals surface area contributed by atoms with Gasteiger partial charge < -0.3 is 4.90 Å². The van der Waals surface area contributed by atoms with E-state index >= 15 is 0 Å². The van der Waals surface area contributed by atoms with Crippen molar-refractivity contribution in [1.29, 1.82) is 0 Å². The van der Waals surface area contributed by atoms with Crippen LogP contribution in [-0.2, 0) is 0 Å². The summed E-state index contributed by atoms with van der Waals surface area (Å²) in [5.41, 5.74) is 1.88. The summed E-state index contributed by atoms with van der Waals surface area (Å²) in [6, 6.07) is 3.11. The van der Waals surface area contributed by atoms with Gasteiger partial charge in [0.2, 0.25) is 0 Å². The van der Waals surface area contributed by atoms with Gasteiger partial charge in [-0.1, -0.05) is 19.8 Å². The van der Waals surface area contributed by atoms with Gasteiger partial charge in [-0.25, -0.2) is 4.39 Å². The Bertz CT molecular complexity index is 429. The van der Waals surface area contributed by atoms with Crippen LogP contribution in [0.25, 0.3) is 0 Å². The standard InChI is InChI=1S/C15H22FNO/c1-5-6-7-8-17(4)15-9-11(2)14(16)10-13(15)12(3)18/h9-10H,5-8H2,1-4H3. The first-order valence-corrected chi connectivity index (χ1v) is 6.49. The summed E-state index contributed by atoms with van der Waals surface area (Å²) >= 11 is 0. The van der Waals surface area contributed by atoms with Crippen molar-refractivity contribution in [2.75, 3.05) is 18.5 Å². The normalized spacial score (nSPS) is 10.5. The lowest BCUT2D eigenvalue weighted by Gasteiger charge is -2.22. The molecule has 0 saturated heterocycles. The number of unbranched alkanes of at least 4 members (excludes halogenated alkanes) is 2. The number of halogens is 1. The van der Waals surface area contributed by atoms with Gasteiger partial charge >= 0.3 is 0 Å². The van der Waals surface area contributed by atoms with E-state index in [0.717, 1.165) is 25.1 Å². The molecule has 0 radical (unpaired) electrons. The summed E-state index contributed by atoms with van der Waals surface area (Å²) in [7, 11) is 1.95. The Morgan fingerprint density at radius 1 is 1.33 bits per heavy atom. The van der Waals surface area contributed by atoms with Gasteiger partial charge in [-0.15, -0.1) is 0 Å². The van der Waals surface area contributed by atoms with E-state index in [2.05, 4.69) is 6.92 Å². The molecule has 3 heteroatoms. The third-order valence-electron chi connectivity index (χ3n) is 3.16. The van der Waals surface area contributed by atoms with Crippen LogP contribution < -0.4 is 4.90 Å². The number of carbonyl (C=O) groups excluding carboxylic acids is 1. The van der Waals surface area contributed by atoms with E-state index in [-0.39, 0.29) is 11.6 Å². The van der Waals surface area contributed by atoms with E-state index in [1.54, 1.807) is 13.0 Å². The van der Waals surface area contributed by atoms with Gasteiger partial charge in [0.05, 0.1) is 0 Å². The van der Waals surface area contributed by atoms with Gasteiger partial charge in [-0.3, -0.25) is 4.79 Å². The second-order valence-corrected chi connectivity index (χ2v) is 4.80. The topological polar surface area (TPSA) is 20.3 Å². The lowest BCUT2D eigenvalue weighted by Crippen LogP contribution is -2.21. The summed E-state index contributed by atoms with van der Waals surface area (Å²) < 4.78 is 13.5. The van der Waals surface area contributed by atoms with Crippen LogP contribution in [-0.4, -0.2) is 19.4 Å². The predicted octanol–water partition coefficient (Wildman–Crippen LogP) is 3.96. The molecule has 1 aromatic rings. The Kier molecular flexibility index (Phi) is 5.32. The van der Waals surface area contributed by atoms with Gasteiger partial charge in [-0.2, -0.15) is 0 Å². The molecule has 0 aromatic heterocycles. The van der Waals surface area contributed by atoms with Crippen LogP contribution in [0.15, 0.2) is 12.1 Å². The molecular weight excluding hydrogens is 229 g/mol. The predicted molar refractivity (Wildman–Crippen MR) is 73.9 cm³/mol. The molecule has 0 spiro atoms. The fourth-order valence-electron chi connectivity index (χ4n) is 1.98. The number of nitrogens with zero attached hydrogens (tertiary/aromatic N) is 1. The monoisotopic (exact) mass is 251 g/mol. The number of aryl methyl sites for hydroxylation is 1. The molecule has 1 aromatic carbocycles. The minimum Gasteiger partial charge on any atom is -0.374 e. The number of hydrogen-bond acceptors (Lipinski definition) is 2. The second kappa shape index (κ2) is 6.53. The van der Waals surface area contributed by atoms with E-state index in [1.165, 1.54) is 19.4 Å². The Morgan fingerprint density at radius 2 is 2.00 bits per heavy atom. The number of hydrogen-bond donors (Lipinski definition) is 0. The van der Waals surface area contributed by atoms with Gasteiger partial charge in [0.1, 0.15) is 5.82 Å². The second-order valence-electron chi connectivity index (χ2n) is 4.80. The van der Waals surface area contributed by atoms with E-state index in [4.69, 9.17) is 0 Å². The van der Waals surface area contributed by atoms with Crippen LogP contribution >= 0.6 is 0 Å². The highest BCUT2D eigenvalue weighted by atomic mass is 19.1. The largest absolute Gasteiger partial charge is 0.374 e. The first-order chi connectivity index (χ1) is 8.47. The van der Waals surface area contributed by atoms with Crippen molar-refractivity contribution >= 4 is 11.5 Å². The molecule has 0 unspecified atom stereocenters. The van der Waals surface area contributed by atoms with Crippen molar-refractivity contribution < 1.29 is 9.18 Å². The molecule has 2 nitrogen and oxygen atoms in total. The molecule has 0 fully saturated rings. The number of ketones is 1. The molecule has 0 N–H and O–H groups in total. The minimum absolute atomic E-state index is 0.0914. The SMILES string of the molecule is CCCCCN(C)c1cc(C)c(F)cc1C(C)=O. The molecule has 0 aliphatic rings. The third-order valence-corrected chi connectivity index (χ3v) is 3.16. The number of Topliss-reactive ketones (excluding diaryl/α,β-unsaturated/α-hetero) is 1. The molecule has 0 aliphatic carbocycles. The summed E-state index contributed by atoms with van der Waals surface area (Å²) in [5.74, 6) is -0.405. The zero-order chi connectivity index (χ0) is 13.7. The van der Waals surface area contributed by atoms with Crippen molar-refractivity contribution in [3.8, 4) is 0 Å². The Labute approximate surface area is 109 Å². The average molecular weight is 251 g/mol. The smallest absolute Gasteiger partial charge is 0.161 e. The average Bonchev–Trinajstić information content (AvgIpc) is 2.32. The number of benzene rings is 1. The zero-order valence-electron chi connectivity index (χ0n) is 11.7. The first-order valence-electron chi connectivity index (χ1n) is 6.49. The van der Waals surface area contributed by atoms with Crippen molar-refractivity contribution in [3.63, 3.8) is 0 Å². The van der Waals surface area contributed by atoms with Gasteiger partial charge in [0.25, 0.3) is 0 Å². The molecule has 0 atom stereocenters. The molecule has 0 saturated carbocycles. The lowest BCUT2D eigenvalue weighted by molar-refractivity contribution is 0.101. The van der Waals surface area contributed by atoms with Gasteiger partial charge in [0.15, 0.2) is 5.78 Å². The van der Waals surface area contributed by atoms with Crippen molar-refractivity contribution in [1.82, 2.24) is 0 Å². The lowest BCUT2D eigenvalue weighted by atomic mass is 10.0. The molecule has 0 bridgehead atoms. The summed E-state index contributed by atoms with van der Waals surface area (Å²) in [6.45, 7) is 6.25. The van der Waals surface area contributed by atoms with Crippen LogP contribution in [0.1, 0.15) is 49.0 Å². The zero-order valence-corrected chi connectivity index (χ0v) is 11.7. The van der Waals surface area contributed by atoms with Crippen LogP contribution in [0.2, 0.25) is 0 Å². The van der Waals surface area contributed by atoms with E-state index < -0.39 is 0 Å². The van der Waals surface area contributed by atoms with Crippen LogP contribution in [0, 0.1) is 12.7 Å². The molecular formula is C15H22FNO. The maximum absolute atomic E-state index is 13.5. The minimum atomic E-state index is -0.314. The quantitative estimate of drug-likeness (QED) is 0.563. The number of carbonyl (C=O) groups is 1. The van der Waals surface area contributed by atoms with Crippen molar-refractivity contribution in [2.24, 2.45) is 0 Å². The van der Waals surface area contributed by atoms with Crippen LogP contribution in [0.5, 0.6) is 0 Å².